The topological polar surface area (TPSA) is 49.3 Å². The number of amides is 1. The molecule has 1 aromatic heterocycles. The summed E-state index contributed by atoms with van der Waals surface area (Å²) in [6, 6.07) is 8.46. The minimum Gasteiger partial charge on any atom is -0.346 e. The van der Waals surface area contributed by atoms with E-state index >= 15 is 0 Å². The highest BCUT2D eigenvalue weighted by molar-refractivity contribution is 7.09. The molecule has 1 saturated heterocycles. The van der Waals surface area contributed by atoms with Crippen molar-refractivity contribution in [3.8, 4) is 0 Å². The molecule has 0 N–H and O–H groups in total. The van der Waals surface area contributed by atoms with Gasteiger partial charge in [0.15, 0.2) is 0 Å². The van der Waals surface area contributed by atoms with Crippen LogP contribution in [-0.2, 0) is 17.8 Å². The number of rotatable bonds is 3. The average Bonchev–Trinajstić information content (AvgIpc) is 3.30. The number of hydrogen-bond acceptors (Lipinski definition) is 5. The van der Waals surface area contributed by atoms with Gasteiger partial charge in [-0.1, -0.05) is 38.1 Å². The van der Waals surface area contributed by atoms with Crippen molar-refractivity contribution < 1.29 is 4.79 Å². The Kier molecular flexibility index (Phi) is 4.46. The predicted octanol–water partition coefficient (Wildman–Crippen LogP) is 3.07. The Balaban J connectivity index is 1.41. The summed E-state index contributed by atoms with van der Waals surface area (Å²) in [5.41, 5.74) is 2.68. The van der Waals surface area contributed by atoms with E-state index in [2.05, 4.69) is 52.4 Å². The minimum atomic E-state index is 0.0802. The number of benzene rings is 1. The van der Waals surface area contributed by atoms with E-state index in [1.807, 2.05) is 4.90 Å². The van der Waals surface area contributed by atoms with Gasteiger partial charge in [-0.05, 0) is 24.0 Å². The lowest BCUT2D eigenvalue weighted by Crippen LogP contribution is -2.40. The lowest BCUT2D eigenvalue weighted by molar-refractivity contribution is -0.135. The first-order valence-electron chi connectivity index (χ1n) is 9.06. The van der Waals surface area contributed by atoms with Gasteiger partial charge in [-0.15, -0.1) is 0 Å². The van der Waals surface area contributed by atoms with Gasteiger partial charge in [-0.25, -0.2) is 4.98 Å². The maximum atomic E-state index is 13.0. The first-order chi connectivity index (χ1) is 12.1. The van der Waals surface area contributed by atoms with Crippen molar-refractivity contribution in [3.63, 3.8) is 0 Å². The summed E-state index contributed by atoms with van der Waals surface area (Å²) in [5.74, 6) is 1.63. The first-order valence-corrected chi connectivity index (χ1v) is 9.83. The van der Waals surface area contributed by atoms with Gasteiger partial charge in [0.25, 0.3) is 0 Å². The molecule has 0 radical (unpaired) electrons. The highest BCUT2D eigenvalue weighted by Gasteiger charge is 2.34. The summed E-state index contributed by atoms with van der Waals surface area (Å²) in [5, 5.41) is 0.961. The highest BCUT2D eigenvalue weighted by atomic mass is 32.1. The third-order valence-corrected chi connectivity index (χ3v) is 5.99. The number of aromatic nitrogens is 2. The predicted molar refractivity (Wildman–Crippen MR) is 99.9 cm³/mol. The maximum Gasteiger partial charge on any atom is 0.227 e. The normalized spacial score (nSPS) is 20.2. The Bertz CT molecular complexity index is 772. The molecule has 5 nitrogen and oxygen atoms in total. The fraction of sp³-hybridized carbons (Fsp3) is 0.526. The van der Waals surface area contributed by atoms with E-state index in [1.165, 1.54) is 22.7 Å². The van der Waals surface area contributed by atoms with E-state index in [1.54, 1.807) is 0 Å². The highest BCUT2D eigenvalue weighted by Crippen LogP contribution is 2.29. The molecule has 1 atom stereocenters. The van der Waals surface area contributed by atoms with E-state index in [0.717, 1.165) is 50.0 Å². The van der Waals surface area contributed by atoms with Gasteiger partial charge in [-0.2, -0.15) is 4.37 Å². The van der Waals surface area contributed by atoms with E-state index in [-0.39, 0.29) is 5.92 Å². The zero-order chi connectivity index (χ0) is 17.4. The third kappa shape index (κ3) is 3.27. The van der Waals surface area contributed by atoms with E-state index in [0.29, 0.717) is 11.8 Å². The second-order valence-corrected chi connectivity index (χ2v) is 8.03. The van der Waals surface area contributed by atoms with Crippen LogP contribution in [0.25, 0.3) is 0 Å². The van der Waals surface area contributed by atoms with Crippen LogP contribution in [-0.4, -0.2) is 39.8 Å². The van der Waals surface area contributed by atoms with Crippen molar-refractivity contribution >= 4 is 22.6 Å². The van der Waals surface area contributed by atoms with Crippen LogP contribution in [0.15, 0.2) is 24.3 Å². The molecule has 1 amide bonds. The number of nitrogens with zero attached hydrogens (tertiary/aromatic N) is 4. The largest absolute Gasteiger partial charge is 0.346 e. The molecule has 25 heavy (non-hydrogen) atoms. The summed E-state index contributed by atoms with van der Waals surface area (Å²) in [6.07, 6.45) is 1.88. The molecule has 2 aliphatic heterocycles. The number of fused-ring (bicyclic) bond motifs is 1. The van der Waals surface area contributed by atoms with Gasteiger partial charge < -0.3 is 9.80 Å². The van der Waals surface area contributed by atoms with Crippen molar-refractivity contribution in [2.24, 2.45) is 5.92 Å². The molecule has 0 saturated carbocycles. The van der Waals surface area contributed by atoms with Crippen LogP contribution in [0.3, 0.4) is 0 Å². The minimum absolute atomic E-state index is 0.0802. The summed E-state index contributed by atoms with van der Waals surface area (Å²) in [4.78, 5) is 21.9. The van der Waals surface area contributed by atoms with Crippen molar-refractivity contribution in [1.82, 2.24) is 14.3 Å². The van der Waals surface area contributed by atoms with Crippen LogP contribution in [0.4, 0.5) is 5.13 Å². The van der Waals surface area contributed by atoms with Gasteiger partial charge >= 0.3 is 0 Å². The lowest BCUT2D eigenvalue weighted by Gasteiger charge is -2.30. The van der Waals surface area contributed by atoms with E-state index in [4.69, 9.17) is 0 Å². The summed E-state index contributed by atoms with van der Waals surface area (Å²) in [7, 11) is 0. The Morgan fingerprint density at radius 2 is 2.04 bits per heavy atom. The van der Waals surface area contributed by atoms with Gasteiger partial charge in [0.1, 0.15) is 5.82 Å². The van der Waals surface area contributed by atoms with Crippen LogP contribution in [0.5, 0.6) is 0 Å². The quantitative estimate of drug-likeness (QED) is 0.848. The zero-order valence-corrected chi connectivity index (χ0v) is 15.6. The van der Waals surface area contributed by atoms with Crippen LogP contribution < -0.4 is 4.90 Å². The molecule has 6 heteroatoms. The fourth-order valence-corrected chi connectivity index (χ4v) is 4.51. The number of hydrogen-bond donors (Lipinski definition) is 0. The molecule has 0 aliphatic carbocycles. The number of carbonyl (C=O) groups is 1. The zero-order valence-electron chi connectivity index (χ0n) is 14.8. The molecular formula is C19H24N4OS. The molecule has 2 aliphatic rings. The van der Waals surface area contributed by atoms with E-state index in [9.17, 15) is 4.79 Å². The van der Waals surface area contributed by atoms with Gasteiger partial charge in [0.2, 0.25) is 11.0 Å². The second-order valence-electron chi connectivity index (χ2n) is 7.30. The summed E-state index contributed by atoms with van der Waals surface area (Å²) < 4.78 is 4.44. The molecular weight excluding hydrogens is 332 g/mol. The number of carbonyl (C=O) groups excluding carboxylic acids is 1. The SMILES string of the molecule is CC(C)c1nsc(N2CCC(C(=O)N3CCc4ccccc4C3)C2)n1. The van der Waals surface area contributed by atoms with Crippen molar-refractivity contribution in [1.29, 1.82) is 0 Å². The molecule has 2 aromatic rings. The van der Waals surface area contributed by atoms with Crippen LogP contribution in [0, 0.1) is 5.92 Å². The first kappa shape index (κ1) is 16.5. The van der Waals surface area contributed by atoms with Crippen molar-refractivity contribution in [2.45, 2.75) is 39.2 Å². The molecule has 1 unspecified atom stereocenters. The molecule has 3 heterocycles. The summed E-state index contributed by atoms with van der Waals surface area (Å²) >= 11 is 1.46. The molecule has 1 fully saturated rings. The number of anilines is 1. The van der Waals surface area contributed by atoms with Crippen molar-refractivity contribution in [3.05, 3.63) is 41.2 Å². The summed E-state index contributed by atoms with van der Waals surface area (Å²) in [6.45, 7) is 7.47. The molecule has 132 valence electrons. The van der Waals surface area contributed by atoms with Crippen molar-refractivity contribution in [2.75, 3.05) is 24.5 Å². The standard InChI is InChI=1S/C19H24N4OS/c1-13(2)17-20-19(25-21-17)23-10-8-16(12-23)18(24)22-9-7-14-5-3-4-6-15(14)11-22/h3-6,13,16H,7-12H2,1-2H3. The Morgan fingerprint density at radius 1 is 1.24 bits per heavy atom. The maximum absolute atomic E-state index is 13.0. The fourth-order valence-electron chi connectivity index (χ4n) is 3.67. The monoisotopic (exact) mass is 356 g/mol. The van der Waals surface area contributed by atoms with Crippen LogP contribution in [0.2, 0.25) is 0 Å². The Hall–Kier alpha value is -1.95. The Labute approximate surface area is 152 Å². The smallest absolute Gasteiger partial charge is 0.227 e. The van der Waals surface area contributed by atoms with Crippen LogP contribution >= 0.6 is 11.5 Å². The molecule has 0 bridgehead atoms. The second kappa shape index (κ2) is 6.75. The lowest BCUT2D eigenvalue weighted by atomic mass is 9.98. The molecule has 0 spiro atoms. The third-order valence-electron chi connectivity index (χ3n) is 5.20. The molecule has 1 aromatic carbocycles. The Morgan fingerprint density at radius 3 is 2.80 bits per heavy atom. The average molecular weight is 356 g/mol. The van der Waals surface area contributed by atoms with Crippen LogP contribution in [0.1, 0.15) is 43.1 Å². The van der Waals surface area contributed by atoms with Gasteiger partial charge in [0.05, 0.1) is 5.92 Å². The van der Waals surface area contributed by atoms with Gasteiger partial charge in [-0.3, -0.25) is 4.79 Å². The molecule has 4 rings (SSSR count). The van der Waals surface area contributed by atoms with Gasteiger partial charge in [0, 0.05) is 43.6 Å². The van der Waals surface area contributed by atoms with E-state index < -0.39 is 0 Å².